The van der Waals surface area contributed by atoms with Gasteiger partial charge in [0.25, 0.3) is 0 Å². The minimum Gasteiger partial charge on any atom is -0.375 e. The lowest BCUT2D eigenvalue weighted by atomic mass is 9.82. The molecule has 0 aliphatic carbocycles. The van der Waals surface area contributed by atoms with E-state index in [2.05, 4.69) is 4.98 Å². The molecular weight excluding hydrogens is 269 g/mol. The monoisotopic (exact) mass is 284 g/mol. The van der Waals surface area contributed by atoms with Crippen LogP contribution >= 0.6 is 0 Å². The first-order valence-electron chi connectivity index (χ1n) is 6.21. The molecule has 0 amide bonds. The van der Waals surface area contributed by atoms with Crippen molar-refractivity contribution < 1.29 is 18.3 Å². The second kappa shape index (κ2) is 5.03. The molecule has 0 radical (unpaired) electrons. The zero-order chi connectivity index (χ0) is 15.0. The van der Waals surface area contributed by atoms with E-state index in [4.69, 9.17) is 5.73 Å². The third-order valence-corrected chi connectivity index (χ3v) is 3.46. The molecule has 0 saturated heterocycles. The Morgan fingerprint density at radius 3 is 2.55 bits per heavy atom. The summed E-state index contributed by atoms with van der Waals surface area (Å²) in [5, 5.41) is 10.6. The summed E-state index contributed by atoms with van der Waals surface area (Å²) in [5.74, 6) is 0. The molecule has 20 heavy (non-hydrogen) atoms. The Labute approximate surface area is 114 Å². The van der Waals surface area contributed by atoms with Crippen LogP contribution in [0.3, 0.4) is 0 Å². The van der Waals surface area contributed by atoms with Crippen molar-refractivity contribution in [3.63, 3.8) is 0 Å². The van der Waals surface area contributed by atoms with E-state index in [0.717, 1.165) is 0 Å². The lowest BCUT2D eigenvalue weighted by molar-refractivity contribution is -0.274. The van der Waals surface area contributed by atoms with Crippen LogP contribution < -0.4 is 5.73 Å². The number of alkyl halides is 3. The van der Waals surface area contributed by atoms with Crippen LogP contribution in [0.1, 0.15) is 18.9 Å². The fourth-order valence-corrected chi connectivity index (χ4v) is 2.29. The summed E-state index contributed by atoms with van der Waals surface area (Å²) < 4.78 is 40.2. The largest absolute Gasteiger partial charge is 0.423 e. The predicted molar refractivity (Wildman–Crippen MR) is 70.0 cm³/mol. The number of aromatic nitrogens is 1. The smallest absolute Gasteiger partial charge is 0.375 e. The number of benzene rings is 1. The van der Waals surface area contributed by atoms with Gasteiger partial charge >= 0.3 is 6.18 Å². The molecule has 0 spiro atoms. The van der Waals surface area contributed by atoms with Crippen molar-refractivity contribution in [2.45, 2.75) is 31.2 Å². The van der Waals surface area contributed by atoms with Gasteiger partial charge in [0, 0.05) is 23.2 Å². The van der Waals surface area contributed by atoms with Crippen LogP contribution in [-0.2, 0) is 5.60 Å². The Kier molecular flexibility index (Phi) is 3.71. The normalized spacial score (nSPS) is 16.9. The number of pyridine rings is 1. The van der Waals surface area contributed by atoms with Gasteiger partial charge in [-0.05, 0) is 18.6 Å². The highest BCUT2D eigenvalue weighted by molar-refractivity contribution is 5.83. The molecule has 0 saturated carbocycles. The van der Waals surface area contributed by atoms with Gasteiger partial charge in [0.1, 0.15) is 0 Å². The lowest BCUT2D eigenvalue weighted by Gasteiger charge is -2.36. The Morgan fingerprint density at radius 1 is 1.25 bits per heavy atom. The number of fused-ring (bicyclic) bond motifs is 1. The van der Waals surface area contributed by atoms with Gasteiger partial charge < -0.3 is 10.8 Å². The second-order valence-corrected chi connectivity index (χ2v) is 4.65. The molecule has 0 bridgehead atoms. The average Bonchev–Trinajstić information content (AvgIpc) is 2.43. The fraction of sp³-hybridized carbons (Fsp3) is 0.357. The SMILES string of the molecule is CCC(N)C(O)(c1cccc2ncccc12)C(F)(F)F. The zero-order valence-corrected chi connectivity index (χ0v) is 10.9. The van der Waals surface area contributed by atoms with Crippen LogP contribution in [0.4, 0.5) is 13.2 Å². The van der Waals surface area contributed by atoms with Gasteiger partial charge in [-0.3, -0.25) is 4.98 Å². The molecular formula is C14H15F3N2O. The van der Waals surface area contributed by atoms with Crippen molar-refractivity contribution in [3.05, 3.63) is 42.1 Å². The molecule has 0 aliphatic rings. The molecule has 108 valence electrons. The van der Waals surface area contributed by atoms with Gasteiger partial charge in [0.15, 0.2) is 0 Å². The Balaban J connectivity index is 2.76. The summed E-state index contributed by atoms with van der Waals surface area (Å²) in [4.78, 5) is 4.00. The van der Waals surface area contributed by atoms with Gasteiger partial charge in [-0.2, -0.15) is 13.2 Å². The molecule has 2 unspecified atom stereocenters. The third-order valence-electron chi connectivity index (χ3n) is 3.46. The summed E-state index contributed by atoms with van der Waals surface area (Å²) in [7, 11) is 0. The predicted octanol–water partition coefficient (Wildman–Crippen LogP) is 2.72. The average molecular weight is 284 g/mol. The molecule has 1 aromatic heterocycles. The highest BCUT2D eigenvalue weighted by Crippen LogP contribution is 2.43. The van der Waals surface area contributed by atoms with Crippen LogP contribution in [0, 0.1) is 0 Å². The highest BCUT2D eigenvalue weighted by Gasteiger charge is 2.58. The van der Waals surface area contributed by atoms with Gasteiger partial charge in [0.05, 0.1) is 5.52 Å². The van der Waals surface area contributed by atoms with Crippen LogP contribution in [0.25, 0.3) is 10.9 Å². The van der Waals surface area contributed by atoms with Gasteiger partial charge in [-0.1, -0.05) is 25.1 Å². The number of aliphatic hydroxyl groups is 1. The van der Waals surface area contributed by atoms with E-state index in [9.17, 15) is 18.3 Å². The van der Waals surface area contributed by atoms with Crippen LogP contribution in [-0.4, -0.2) is 22.3 Å². The summed E-state index contributed by atoms with van der Waals surface area (Å²) in [6.45, 7) is 1.50. The number of halogens is 3. The zero-order valence-electron chi connectivity index (χ0n) is 10.9. The summed E-state index contributed by atoms with van der Waals surface area (Å²) in [6.07, 6.45) is -3.39. The van der Waals surface area contributed by atoms with Crippen molar-refractivity contribution >= 4 is 10.9 Å². The van der Waals surface area contributed by atoms with Crippen molar-refractivity contribution in [3.8, 4) is 0 Å². The standard InChI is InChI=1S/C14H15F3N2O/c1-2-12(18)13(20,14(15,16)17)10-6-3-7-11-9(10)5-4-8-19-11/h3-8,12,20H,2,18H2,1H3. The number of rotatable bonds is 3. The van der Waals surface area contributed by atoms with Gasteiger partial charge in [-0.15, -0.1) is 0 Å². The molecule has 2 aromatic rings. The topological polar surface area (TPSA) is 59.1 Å². The quantitative estimate of drug-likeness (QED) is 0.911. The molecule has 0 aliphatic heterocycles. The molecule has 3 nitrogen and oxygen atoms in total. The molecule has 1 aromatic carbocycles. The van der Waals surface area contributed by atoms with E-state index in [0.29, 0.717) is 5.52 Å². The first-order chi connectivity index (χ1) is 9.32. The molecule has 6 heteroatoms. The van der Waals surface area contributed by atoms with Gasteiger partial charge in [0.2, 0.25) is 5.60 Å². The second-order valence-electron chi connectivity index (χ2n) is 4.65. The van der Waals surface area contributed by atoms with Crippen LogP contribution in [0.15, 0.2) is 36.5 Å². The molecule has 2 atom stereocenters. The molecule has 2 rings (SSSR count). The summed E-state index contributed by atoms with van der Waals surface area (Å²) in [6, 6.07) is 5.84. The van der Waals surface area contributed by atoms with Crippen LogP contribution in [0.5, 0.6) is 0 Å². The lowest BCUT2D eigenvalue weighted by Crippen LogP contribution is -2.55. The Morgan fingerprint density at radius 2 is 1.95 bits per heavy atom. The van der Waals surface area contributed by atoms with E-state index in [1.807, 2.05) is 0 Å². The number of hydrogen-bond acceptors (Lipinski definition) is 3. The highest BCUT2D eigenvalue weighted by atomic mass is 19.4. The Bertz CT molecular complexity index is 609. The summed E-state index contributed by atoms with van der Waals surface area (Å²) >= 11 is 0. The number of nitrogens with two attached hydrogens (primary N) is 1. The van der Waals surface area contributed by atoms with Crippen LogP contribution in [0.2, 0.25) is 0 Å². The molecule has 1 heterocycles. The maximum absolute atomic E-state index is 13.4. The van der Waals surface area contributed by atoms with Crippen molar-refractivity contribution in [1.82, 2.24) is 4.98 Å². The maximum Gasteiger partial charge on any atom is 0.423 e. The van der Waals surface area contributed by atoms with Crippen molar-refractivity contribution in [1.29, 1.82) is 0 Å². The minimum atomic E-state index is -4.87. The number of nitrogens with zero attached hydrogens (tertiary/aromatic N) is 1. The van der Waals surface area contributed by atoms with E-state index in [-0.39, 0.29) is 17.4 Å². The van der Waals surface area contributed by atoms with Crippen molar-refractivity contribution in [2.75, 3.05) is 0 Å². The van der Waals surface area contributed by atoms with Gasteiger partial charge in [-0.25, -0.2) is 0 Å². The van der Waals surface area contributed by atoms with E-state index < -0.39 is 17.8 Å². The number of hydrogen-bond donors (Lipinski definition) is 2. The summed E-state index contributed by atoms with van der Waals surface area (Å²) in [5.41, 5.74) is 2.60. The van der Waals surface area contributed by atoms with E-state index >= 15 is 0 Å². The molecule has 0 fully saturated rings. The first kappa shape index (κ1) is 14.7. The fourth-order valence-electron chi connectivity index (χ4n) is 2.29. The third kappa shape index (κ3) is 2.14. The van der Waals surface area contributed by atoms with E-state index in [1.165, 1.54) is 37.4 Å². The minimum absolute atomic E-state index is 0.00728. The maximum atomic E-state index is 13.4. The Hall–Kier alpha value is -1.66. The van der Waals surface area contributed by atoms with Crippen molar-refractivity contribution in [2.24, 2.45) is 5.73 Å². The molecule has 3 N–H and O–H groups in total. The van der Waals surface area contributed by atoms with E-state index in [1.54, 1.807) is 6.07 Å². The first-order valence-corrected chi connectivity index (χ1v) is 6.21.